The Morgan fingerprint density at radius 3 is 2.62 bits per heavy atom. The third-order valence-electron chi connectivity index (χ3n) is 2.59. The van der Waals surface area contributed by atoms with Crippen molar-refractivity contribution >= 4 is 29.2 Å². The molecule has 1 heterocycles. The van der Waals surface area contributed by atoms with Gasteiger partial charge in [0.25, 0.3) is 5.91 Å². The molecular formula is C14H13ClN2O4. The number of halogens is 1. The van der Waals surface area contributed by atoms with Crippen LogP contribution >= 0.6 is 11.6 Å². The minimum absolute atomic E-state index is 0.164. The highest BCUT2D eigenvalue weighted by Crippen LogP contribution is 2.18. The fraction of sp³-hybridized carbons (Fsp3) is 0.143. The van der Waals surface area contributed by atoms with E-state index in [2.05, 4.69) is 15.0 Å². The van der Waals surface area contributed by atoms with Crippen LogP contribution < -0.4 is 10.1 Å². The van der Waals surface area contributed by atoms with E-state index < -0.39 is 5.97 Å². The van der Waals surface area contributed by atoms with Crippen molar-refractivity contribution in [1.82, 2.24) is 4.98 Å². The van der Waals surface area contributed by atoms with Crippen LogP contribution in [0.4, 0.5) is 5.69 Å². The lowest BCUT2D eigenvalue weighted by Gasteiger charge is -2.07. The summed E-state index contributed by atoms with van der Waals surface area (Å²) in [7, 11) is 1.26. The molecule has 0 saturated carbocycles. The number of rotatable bonds is 5. The zero-order valence-corrected chi connectivity index (χ0v) is 11.9. The Bertz CT molecular complexity index is 637. The van der Waals surface area contributed by atoms with Crippen LogP contribution in [0.25, 0.3) is 0 Å². The molecule has 0 aliphatic carbocycles. The Morgan fingerprint density at radius 2 is 1.95 bits per heavy atom. The lowest BCUT2D eigenvalue weighted by atomic mass is 10.3. The summed E-state index contributed by atoms with van der Waals surface area (Å²) in [5.74, 6) is -0.657. The van der Waals surface area contributed by atoms with Crippen LogP contribution in [0.15, 0.2) is 36.5 Å². The van der Waals surface area contributed by atoms with Crippen molar-refractivity contribution in [2.45, 2.75) is 0 Å². The molecule has 0 radical (unpaired) electrons. The number of nitrogens with one attached hydrogen (secondary N) is 2. The molecule has 0 unspecified atom stereocenters. The molecule has 0 bridgehead atoms. The smallest absolute Gasteiger partial charge is 0.358 e. The van der Waals surface area contributed by atoms with E-state index in [0.717, 1.165) is 0 Å². The number of hydrogen-bond donors (Lipinski definition) is 2. The average Bonchev–Trinajstić information content (AvgIpc) is 2.95. The predicted molar refractivity (Wildman–Crippen MR) is 77.7 cm³/mol. The van der Waals surface area contributed by atoms with Gasteiger partial charge in [-0.2, -0.15) is 0 Å². The number of aromatic amines is 1. The zero-order valence-electron chi connectivity index (χ0n) is 11.2. The van der Waals surface area contributed by atoms with Crippen molar-refractivity contribution in [1.29, 1.82) is 0 Å². The Kier molecular flexibility index (Phi) is 4.84. The second kappa shape index (κ2) is 6.81. The number of amides is 1. The summed E-state index contributed by atoms with van der Waals surface area (Å²) in [5, 5.41) is 3.23. The molecule has 1 amide bonds. The van der Waals surface area contributed by atoms with Gasteiger partial charge in [-0.15, -0.1) is 0 Å². The number of ether oxygens (including phenoxy) is 2. The number of hydrogen-bond acceptors (Lipinski definition) is 4. The molecule has 2 N–H and O–H groups in total. The van der Waals surface area contributed by atoms with Gasteiger partial charge in [-0.1, -0.05) is 11.6 Å². The maximum atomic E-state index is 11.7. The topological polar surface area (TPSA) is 80.4 Å². The van der Waals surface area contributed by atoms with Crippen LogP contribution in [-0.2, 0) is 9.53 Å². The molecule has 2 rings (SSSR count). The number of aromatic nitrogens is 1. The molecule has 1 aromatic carbocycles. The molecule has 0 spiro atoms. The standard InChI is InChI=1S/C14H13ClN2O4/c1-20-14(19)13-11(6-7-16-13)21-8-12(18)17-10-4-2-9(15)3-5-10/h2-7,16H,8H2,1H3,(H,17,18). The number of methoxy groups -OCH3 is 1. The largest absolute Gasteiger partial charge is 0.481 e. The van der Waals surface area contributed by atoms with E-state index >= 15 is 0 Å². The van der Waals surface area contributed by atoms with Gasteiger partial charge in [0.05, 0.1) is 7.11 Å². The van der Waals surface area contributed by atoms with E-state index in [1.54, 1.807) is 30.3 Å². The minimum atomic E-state index is -0.562. The SMILES string of the molecule is COC(=O)c1[nH]ccc1OCC(=O)Nc1ccc(Cl)cc1. The van der Waals surface area contributed by atoms with E-state index in [1.807, 2.05) is 0 Å². The van der Waals surface area contributed by atoms with Gasteiger partial charge in [-0.05, 0) is 30.3 Å². The van der Waals surface area contributed by atoms with Gasteiger partial charge >= 0.3 is 5.97 Å². The normalized spacial score (nSPS) is 10.0. The lowest BCUT2D eigenvalue weighted by Crippen LogP contribution is -2.20. The molecule has 1 aromatic heterocycles. The van der Waals surface area contributed by atoms with Gasteiger partial charge in [0.15, 0.2) is 18.1 Å². The third kappa shape index (κ3) is 4.00. The van der Waals surface area contributed by atoms with Crippen molar-refractivity contribution in [2.24, 2.45) is 0 Å². The van der Waals surface area contributed by atoms with Crippen LogP contribution in [0.1, 0.15) is 10.5 Å². The Hall–Kier alpha value is -2.47. The molecule has 6 nitrogen and oxygen atoms in total. The number of esters is 1. The van der Waals surface area contributed by atoms with Gasteiger partial charge in [-0.25, -0.2) is 4.79 Å². The van der Waals surface area contributed by atoms with Crippen LogP contribution in [0.5, 0.6) is 5.75 Å². The van der Waals surface area contributed by atoms with Crippen LogP contribution in [0.3, 0.4) is 0 Å². The van der Waals surface area contributed by atoms with Gasteiger partial charge < -0.3 is 19.8 Å². The van der Waals surface area contributed by atoms with Crippen LogP contribution in [0.2, 0.25) is 5.02 Å². The van der Waals surface area contributed by atoms with E-state index in [9.17, 15) is 9.59 Å². The van der Waals surface area contributed by atoms with Crippen molar-refractivity contribution < 1.29 is 19.1 Å². The first-order valence-corrected chi connectivity index (χ1v) is 6.42. The molecule has 0 saturated heterocycles. The van der Waals surface area contributed by atoms with E-state index in [-0.39, 0.29) is 24.0 Å². The number of carbonyl (C=O) groups is 2. The second-order valence-corrected chi connectivity index (χ2v) is 4.49. The van der Waals surface area contributed by atoms with E-state index in [4.69, 9.17) is 16.3 Å². The van der Waals surface area contributed by atoms with Gasteiger partial charge in [0.2, 0.25) is 0 Å². The Balaban J connectivity index is 1.91. The quantitative estimate of drug-likeness (QED) is 0.832. The molecule has 2 aromatic rings. The highest BCUT2D eigenvalue weighted by molar-refractivity contribution is 6.30. The lowest BCUT2D eigenvalue weighted by molar-refractivity contribution is -0.118. The number of anilines is 1. The van der Waals surface area contributed by atoms with Gasteiger partial charge in [0.1, 0.15) is 0 Å². The maximum absolute atomic E-state index is 11.7. The van der Waals surface area contributed by atoms with Gasteiger partial charge in [-0.3, -0.25) is 4.79 Å². The fourth-order valence-electron chi connectivity index (χ4n) is 1.61. The second-order valence-electron chi connectivity index (χ2n) is 4.05. The first-order chi connectivity index (χ1) is 10.1. The highest BCUT2D eigenvalue weighted by Gasteiger charge is 2.15. The minimum Gasteiger partial charge on any atom is -0.481 e. The van der Waals surface area contributed by atoms with Crippen LogP contribution in [-0.4, -0.2) is 30.6 Å². The number of carbonyl (C=O) groups excluding carboxylic acids is 2. The zero-order chi connectivity index (χ0) is 15.2. The van der Waals surface area contributed by atoms with Crippen molar-refractivity contribution in [2.75, 3.05) is 19.0 Å². The van der Waals surface area contributed by atoms with Crippen molar-refractivity contribution in [3.8, 4) is 5.75 Å². The van der Waals surface area contributed by atoms with Crippen LogP contribution in [0, 0.1) is 0 Å². The van der Waals surface area contributed by atoms with Gasteiger partial charge in [0, 0.05) is 16.9 Å². The first-order valence-electron chi connectivity index (χ1n) is 6.04. The highest BCUT2D eigenvalue weighted by atomic mass is 35.5. The van der Waals surface area contributed by atoms with E-state index in [0.29, 0.717) is 10.7 Å². The Morgan fingerprint density at radius 1 is 1.24 bits per heavy atom. The van der Waals surface area contributed by atoms with Crippen molar-refractivity contribution in [3.63, 3.8) is 0 Å². The molecule has 110 valence electrons. The Labute approximate surface area is 126 Å². The monoisotopic (exact) mass is 308 g/mol. The van der Waals surface area contributed by atoms with E-state index in [1.165, 1.54) is 13.3 Å². The molecule has 0 aliphatic rings. The number of H-pyrrole nitrogens is 1. The molecular weight excluding hydrogens is 296 g/mol. The molecule has 7 heteroatoms. The van der Waals surface area contributed by atoms with Crippen molar-refractivity contribution in [3.05, 3.63) is 47.2 Å². The summed E-state index contributed by atoms with van der Waals surface area (Å²) in [6.45, 7) is -0.232. The summed E-state index contributed by atoms with van der Waals surface area (Å²) >= 11 is 5.75. The maximum Gasteiger partial charge on any atom is 0.358 e. The summed E-state index contributed by atoms with van der Waals surface area (Å²) in [6.07, 6.45) is 1.53. The third-order valence-corrected chi connectivity index (χ3v) is 2.84. The summed E-state index contributed by atoms with van der Waals surface area (Å²) in [6, 6.07) is 8.23. The first kappa shape index (κ1) is 14.9. The summed E-state index contributed by atoms with van der Waals surface area (Å²) < 4.78 is 9.87. The summed E-state index contributed by atoms with van der Waals surface area (Å²) in [4.78, 5) is 25.9. The number of benzene rings is 1. The summed E-state index contributed by atoms with van der Waals surface area (Å²) in [5.41, 5.74) is 0.770. The predicted octanol–water partition coefficient (Wildman–Crippen LogP) is 2.47. The fourth-order valence-corrected chi connectivity index (χ4v) is 1.74. The molecule has 0 atom stereocenters. The molecule has 21 heavy (non-hydrogen) atoms. The average molecular weight is 309 g/mol. The molecule has 0 fully saturated rings. The molecule has 0 aliphatic heterocycles.